The molecule has 3 rings (SSSR count). The van der Waals surface area contributed by atoms with E-state index in [0.717, 1.165) is 99.3 Å². The quantitative estimate of drug-likeness (QED) is 0.0216. The van der Waals surface area contributed by atoms with Gasteiger partial charge in [0.2, 0.25) is 29.5 Å². The molecule has 16 atom stereocenters. The van der Waals surface area contributed by atoms with Gasteiger partial charge in [-0.2, -0.15) is 0 Å². The van der Waals surface area contributed by atoms with Crippen molar-refractivity contribution in [3.8, 4) is 0 Å². The minimum Gasteiger partial charge on any atom is -0.463 e. The molecular weight excluding hydrogens is 1780 g/mol. The first-order valence-corrected chi connectivity index (χ1v) is 48.8. The van der Waals surface area contributed by atoms with E-state index < -0.39 is 190 Å². The van der Waals surface area contributed by atoms with Gasteiger partial charge in [0.1, 0.15) is 62.0 Å². The molecule has 0 aromatic carbocycles. The number of carbonyl (C=O) groups is 18. The number of rotatable bonds is 65. The third kappa shape index (κ3) is 50.4. The third-order valence-electron chi connectivity index (χ3n) is 20.9. The standard InChI is InChI=1S/C88H141N6O34PS2/c1-14-69(125-75(111)42-41-68(108)54-131(129)130)85(112)94(45-35-43-89-73(109)39-28-22-16-19-25-33-49-114-87-77(91-56(3)96)83(123-65(12)105)80(120-62(9)102)71(127-87)52-117-59(6)99)47-36-46-93(74(110)40-29-23-17-20-26-34-50-115-88-78(92-57(4)97)84(124-66(13)106)81(121-63(10)103)72(128-88)53-118-60(7)100)44-31-30-38-67(107)37-27-21-15-18-24-32-48-113-86-76(90-55(2)95)82(122-64(11)104)79(119-61(8)101)70(126-86)51-116-58(5)98/h69-72,76-84,86-88H,14-54H2,1-13H3,(H,89,109)(H,90,95)(H,91,96)(H,92,97)/t69?,70?,71?,72?,76?,77?,78?,79-,80-,81-,82+,83+,84+,86+,87+,88+/m0/s1. The van der Waals surface area contributed by atoms with E-state index in [1.807, 2.05) is 0 Å². The van der Waals surface area contributed by atoms with E-state index in [2.05, 4.69) is 29.1 Å². The van der Waals surface area contributed by atoms with Crippen LogP contribution in [0, 0.1) is 0 Å². The average molecular weight is 1920 g/mol. The van der Waals surface area contributed by atoms with Crippen molar-refractivity contribution in [2.24, 2.45) is 0 Å². The number of amides is 6. The van der Waals surface area contributed by atoms with Crippen molar-refractivity contribution in [1.29, 1.82) is 0 Å². The van der Waals surface area contributed by atoms with Crippen LogP contribution in [0.2, 0.25) is 0 Å². The number of ketones is 2. The molecule has 40 nitrogen and oxygen atoms in total. The van der Waals surface area contributed by atoms with E-state index in [9.17, 15) is 86.3 Å². The van der Waals surface area contributed by atoms with E-state index >= 15 is 0 Å². The SMILES string of the molecule is CCC(OC(=O)CCC(=O)CS(#P)=S)C(=O)N(CCCNC(=O)CCCCCCCCO[C@@H]1OC(COC(C)=O)[C@H](OC(C)=O)[C@H](OC(C)=O)C1NC(C)=O)CCCN(CCCCC(=O)CCCCCCCCO[C@@H]1OC(COC(C)=O)[C@H](OC(C)=O)[C@H](OC(C)=O)C1NC(C)=O)C(=O)CCCCCCCCO[C@@H]1OC(COC(C)=O)[C@H](OC(C)=O)[C@H](OC(C)=O)C1NC(C)=O. The fourth-order valence-electron chi connectivity index (χ4n) is 15.0. The smallest absolute Gasteiger partial charge is 0.463 e. The van der Waals surface area contributed by atoms with Crippen molar-refractivity contribution in [1.82, 2.24) is 31.1 Å². The molecule has 3 saturated heterocycles. The van der Waals surface area contributed by atoms with Crippen LogP contribution in [-0.4, -0.2) is 293 Å². The molecule has 744 valence electrons. The Kier molecular flexibility index (Phi) is 58.8. The van der Waals surface area contributed by atoms with E-state index in [1.165, 1.54) is 41.5 Å². The predicted octanol–water partition coefficient (Wildman–Crippen LogP) is 6.57. The minimum atomic E-state index is -1.28. The molecule has 0 spiro atoms. The van der Waals surface area contributed by atoms with Crippen LogP contribution in [0.4, 0.5) is 0 Å². The summed E-state index contributed by atoms with van der Waals surface area (Å²) in [6.45, 7) is 16.2. The van der Waals surface area contributed by atoms with Crippen molar-refractivity contribution < 1.29 is 162 Å². The van der Waals surface area contributed by atoms with Crippen LogP contribution in [0.25, 0.3) is 0 Å². The zero-order valence-electron chi connectivity index (χ0n) is 78.3. The molecule has 0 bridgehead atoms. The Balaban J connectivity index is 1.70. The average Bonchev–Trinajstić information content (AvgIpc) is 0.795. The van der Waals surface area contributed by atoms with Crippen molar-refractivity contribution >= 4 is 134 Å². The second-order valence-electron chi connectivity index (χ2n) is 32.5. The molecule has 0 saturated carbocycles. The van der Waals surface area contributed by atoms with Gasteiger partial charge in [0, 0.05) is 148 Å². The van der Waals surface area contributed by atoms with Gasteiger partial charge < -0.3 is 97.2 Å². The first-order valence-electron chi connectivity index (χ1n) is 45.4. The first-order chi connectivity index (χ1) is 62.2. The van der Waals surface area contributed by atoms with Crippen LogP contribution in [-0.2, 0) is 182 Å². The van der Waals surface area contributed by atoms with Crippen LogP contribution < -0.4 is 21.3 Å². The maximum absolute atomic E-state index is 14.5. The molecule has 0 aromatic rings. The number of nitrogens with one attached hydrogen (secondary N) is 4. The molecular formula is C88H141N6O34PS2. The Hall–Kier alpha value is -8.51. The first kappa shape index (κ1) is 117. The Morgan fingerprint density at radius 2 is 0.679 bits per heavy atom. The Labute approximate surface area is 775 Å². The number of carbonyl (C=O) groups excluding carboxylic acids is 18. The number of unbranched alkanes of at least 4 members (excludes halogenated alkanes) is 16. The molecule has 0 radical (unpaired) electrons. The maximum atomic E-state index is 14.5. The molecule has 131 heavy (non-hydrogen) atoms. The van der Waals surface area contributed by atoms with Gasteiger partial charge >= 0.3 is 187 Å². The van der Waals surface area contributed by atoms with Crippen molar-refractivity contribution in [3.05, 3.63) is 0 Å². The zero-order valence-corrected chi connectivity index (χ0v) is 80.8. The summed E-state index contributed by atoms with van der Waals surface area (Å²) >= 11 is 5.05. The van der Waals surface area contributed by atoms with Gasteiger partial charge in [-0.15, -0.1) is 0 Å². The zero-order chi connectivity index (χ0) is 97.5. The number of ether oxygens (including phenoxy) is 16. The summed E-state index contributed by atoms with van der Waals surface area (Å²) in [5.74, 6) is -9.65. The molecule has 3 aliphatic rings. The van der Waals surface area contributed by atoms with E-state index in [1.54, 1.807) is 16.7 Å². The summed E-state index contributed by atoms with van der Waals surface area (Å²) in [5, 5.41) is 11.0. The predicted molar refractivity (Wildman–Crippen MR) is 472 cm³/mol. The Bertz CT molecular complexity index is 3820. The normalized spacial score (nSPS) is 21.7. The number of esters is 10. The fourth-order valence-corrected chi connectivity index (χ4v) is 16.3. The van der Waals surface area contributed by atoms with Crippen LogP contribution in [0.5, 0.6) is 0 Å². The van der Waals surface area contributed by atoms with Crippen LogP contribution >= 0.6 is 7.81 Å². The van der Waals surface area contributed by atoms with Gasteiger partial charge in [-0.1, -0.05) is 77.0 Å². The fraction of sp³-hybridized carbons (Fsp3) is 0.795. The van der Waals surface area contributed by atoms with Gasteiger partial charge in [0.25, 0.3) is 0 Å². The molecule has 43 heteroatoms. The summed E-state index contributed by atoms with van der Waals surface area (Å²) in [6, 6.07) is -3.31. The summed E-state index contributed by atoms with van der Waals surface area (Å²) < 4.78 is 90.9. The topological polar surface area (TPSA) is 510 Å². The number of nitrogens with zero attached hydrogens (tertiary/aromatic N) is 2. The van der Waals surface area contributed by atoms with Crippen molar-refractivity contribution in [3.63, 3.8) is 0 Å². The summed E-state index contributed by atoms with van der Waals surface area (Å²) in [4.78, 5) is 231. The van der Waals surface area contributed by atoms with Gasteiger partial charge in [0.05, 0.1) is 0 Å². The molecule has 3 heterocycles. The second kappa shape index (κ2) is 66.0. The summed E-state index contributed by atoms with van der Waals surface area (Å²) in [5.41, 5.74) is 0. The number of hydrogen-bond acceptors (Lipinski definition) is 35. The third-order valence-corrected chi connectivity index (χ3v) is 22.2. The molecule has 0 aromatic heterocycles. The van der Waals surface area contributed by atoms with Crippen LogP contribution in [0.1, 0.15) is 276 Å². The molecule has 4 N–H and O–H groups in total. The Morgan fingerprint density at radius 3 is 1.03 bits per heavy atom. The monoisotopic (exact) mass is 1920 g/mol. The van der Waals surface area contributed by atoms with E-state index in [-0.39, 0.29) is 133 Å². The minimum absolute atomic E-state index is 0.00673. The van der Waals surface area contributed by atoms with Gasteiger partial charge in [0.15, 0.2) is 55.5 Å². The Morgan fingerprint density at radius 1 is 0.359 bits per heavy atom. The summed E-state index contributed by atoms with van der Waals surface area (Å²) in [7, 11) is 3.23. The number of Topliss-reactive ketones (excluding diaryl/α,β-unsaturated/α-hetero) is 2. The molecule has 0 aliphatic carbocycles. The van der Waals surface area contributed by atoms with E-state index in [0.29, 0.717) is 96.4 Å². The molecule has 3 aliphatic heterocycles. The van der Waals surface area contributed by atoms with Crippen LogP contribution in [0.15, 0.2) is 0 Å². The van der Waals surface area contributed by atoms with Crippen LogP contribution in [0.3, 0.4) is 0 Å². The number of hydrogen-bond donors (Lipinski definition) is 4. The van der Waals surface area contributed by atoms with Gasteiger partial charge in [-0.05, 0) is 51.4 Å². The summed E-state index contributed by atoms with van der Waals surface area (Å²) in [6.07, 6.45) is -0.984. The second-order valence-corrected chi connectivity index (χ2v) is 36.7. The van der Waals surface area contributed by atoms with Crippen molar-refractivity contribution in [2.45, 2.75) is 374 Å². The van der Waals surface area contributed by atoms with Crippen molar-refractivity contribution in [2.75, 3.05) is 78.1 Å². The molecule has 6 amide bonds. The molecule has 7 unspecified atom stereocenters. The van der Waals surface area contributed by atoms with Gasteiger partial charge in [-0.25, -0.2) is 0 Å². The van der Waals surface area contributed by atoms with Gasteiger partial charge in [-0.3, -0.25) is 71.9 Å². The van der Waals surface area contributed by atoms with E-state index in [4.69, 9.17) is 87.0 Å². The molecule has 3 fully saturated rings.